The molecule has 0 amide bonds. The summed E-state index contributed by atoms with van der Waals surface area (Å²) in [6, 6.07) is 9.10. The van der Waals surface area contributed by atoms with Crippen LogP contribution in [0.3, 0.4) is 0 Å². The highest BCUT2D eigenvalue weighted by molar-refractivity contribution is 7.99. The van der Waals surface area contributed by atoms with Crippen molar-refractivity contribution in [3.63, 3.8) is 0 Å². The second-order valence-corrected chi connectivity index (χ2v) is 9.09. The third-order valence-corrected chi connectivity index (χ3v) is 6.25. The molecule has 3 rings (SSSR count). The van der Waals surface area contributed by atoms with E-state index in [2.05, 4.69) is 62.1 Å². The van der Waals surface area contributed by atoms with Gasteiger partial charge in [-0.1, -0.05) is 18.6 Å². The first-order valence-corrected chi connectivity index (χ1v) is 9.45. The van der Waals surface area contributed by atoms with Crippen LogP contribution in [0.15, 0.2) is 29.2 Å². The summed E-state index contributed by atoms with van der Waals surface area (Å²) in [6.45, 7) is 7.63. The van der Waals surface area contributed by atoms with Gasteiger partial charge in [-0.3, -0.25) is 0 Å². The molecule has 116 valence electrons. The molecule has 1 aromatic carbocycles. The van der Waals surface area contributed by atoms with Gasteiger partial charge in [-0.2, -0.15) is 0 Å². The van der Waals surface area contributed by atoms with E-state index in [1.54, 1.807) is 0 Å². The molecule has 0 heterocycles. The van der Waals surface area contributed by atoms with Crippen LogP contribution in [0, 0.1) is 17.8 Å². The van der Waals surface area contributed by atoms with Gasteiger partial charge in [0.25, 0.3) is 0 Å². The molecule has 2 saturated carbocycles. The molecule has 1 N–H and O–H groups in total. The van der Waals surface area contributed by atoms with Crippen LogP contribution in [-0.4, -0.2) is 11.3 Å². The lowest BCUT2D eigenvalue weighted by Crippen LogP contribution is -2.35. The number of hydrogen-bond acceptors (Lipinski definition) is 2. The fraction of sp³-hybridized carbons (Fsp3) is 0.684. The van der Waals surface area contributed by atoms with Gasteiger partial charge >= 0.3 is 0 Å². The van der Waals surface area contributed by atoms with Gasteiger partial charge in [0.15, 0.2) is 0 Å². The maximum absolute atomic E-state index is 3.58. The van der Waals surface area contributed by atoms with Gasteiger partial charge in [-0.15, -0.1) is 11.8 Å². The third kappa shape index (κ3) is 4.26. The van der Waals surface area contributed by atoms with Crippen molar-refractivity contribution in [1.29, 1.82) is 0 Å². The Balaban J connectivity index is 1.51. The fourth-order valence-electron chi connectivity index (χ4n) is 3.90. The number of nitrogens with one attached hydrogen (secondary N) is 1. The topological polar surface area (TPSA) is 12.0 Å². The summed E-state index contributed by atoms with van der Waals surface area (Å²) in [5.41, 5.74) is 1.59. The normalized spacial score (nSPS) is 28.2. The highest BCUT2D eigenvalue weighted by Crippen LogP contribution is 2.49. The Hall–Kier alpha value is -0.470. The lowest BCUT2D eigenvalue weighted by molar-refractivity contribution is 0.365. The zero-order valence-electron chi connectivity index (χ0n) is 13.7. The van der Waals surface area contributed by atoms with Gasteiger partial charge in [-0.05, 0) is 75.5 Å². The minimum atomic E-state index is 0.187. The summed E-state index contributed by atoms with van der Waals surface area (Å²) >= 11 is 2.08. The average molecular weight is 304 g/mol. The highest BCUT2D eigenvalue weighted by Gasteiger charge is 2.39. The monoisotopic (exact) mass is 303 g/mol. The summed E-state index contributed by atoms with van der Waals surface area (Å²) in [6.07, 6.45) is 6.05. The maximum atomic E-state index is 3.58. The number of fused-ring (bicyclic) bond motifs is 2. The van der Waals surface area contributed by atoms with Crippen LogP contribution >= 0.6 is 11.8 Å². The van der Waals surface area contributed by atoms with Crippen molar-refractivity contribution in [2.24, 2.45) is 17.8 Å². The van der Waals surface area contributed by atoms with Crippen LogP contribution in [0.4, 0.5) is 0 Å². The zero-order chi connectivity index (χ0) is 14.9. The number of hydrogen-bond donors (Lipinski definition) is 1. The van der Waals surface area contributed by atoms with E-state index in [9.17, 15) is 0 Å². The molecule has 1 nitrogen and oxygen atoms in total. The molecule has 0 radical (unpaired) electrons. The molecule has 2 aliphatic rings. The molecule has 3 atom stereocenters. The van der Waals surface area contributed by atoms with Gasteiger partial charge in [0, 0.05) is 22.7 Å². The SMILES string of the molecule is CC(C)(C)NCc1cccc(SCC2CC3CCC2C3)c1. The summed E-state index contributed by atoms with van der Waals surface area (Å²) in [7, 11) is 0. The minimum Gasteiger partial charge on any atom is -0.308 e. The number of thioether (sulfide) groups is 1. The molecule has 0 saturated heterocycles. The van der Waals surface area contributed by atoms with Crippen molar-refractivity contribution in [3.8, 4) is 0 Å². The van der Waals surface area contributed by atoms with E-state index >= 15 is 0 Å². The molecule has 1 aromatic rings. The number of benzene rings is 1. The average Bonchev–Trinajstić information content (AvgIpc) is 3.05. The van der Waals surface area contributed by atoms with Crippen LogP contribution in [0.1, 0.15) is 52.0 Å². The Kier molecular flexibility index (Phi) is 4.66. The Morgan fingerprint density at radius 3 is 2.71 bits per heavy atom. The van der Waals surface area contributed by atoms with Crippen molar-refractivity contribution in [3.05, 3.63) is 29.8 Å². The first-order chi connectivity index (χ1) is 9.99. The maximum Gasteiger partial charge on any atom is 0.0210 e. The van der Waals surface area contributed by atoms with E-state index in [1.807, 2.05) is 0 Å². The summed E-state index contributed by atoms with van der Waals surface area (Å²) < 4.78 is 0. The van der Waals surface area contributed by atoms with Crippen molar-refractivity contribution < 1.29 is 0 Å². The Labute approximate surface area is 134 Å². The van der Waals surface area contributed by atoms with Crippen LogP contribution in [0.25, 0.3) is 0 Å². The van der Waals surface area contributed by atoms with Gasteiger partial charge in [0.2, 0.25) is 0 Å². The molecule has 2 heteroatoms. The molecule has 2 bridgehead atoms. The molecule has 0 aliphatic heterocycles. The summed E-state index contributed by atoms with van der Waals surface area (Å²) in [4.78, 5) is 1.45. The lowest BCUT2D eigenvalue weighted by atomic mass is 9.90. The molecule has 0 aromatic heterocycles. The quantitative estimate of drug-likeness (QED) is 0.759. The van der Waals surface area contributed by atoms with Crippen LogP contribution < -0.4 is 5.32 Å². The second kappa shape index (κ2) is 6.34. The van der Waals surface area contributed by atoms with Crippen LogP contribution in [0.5, 0.6) is 0 Å². The molecule has 2 aliphatic carbocycles. The fourth-order valence-corrected chi connectivity index (χ4v) is 5.12. The predicted octanol–water partition coefficient (Wildman–Crippen LogP) is 5.10. The minimum absolute atomic E-state index is 0.187. The van der Waals surface area contributed by atoms with Crippen molar-refractivity contribution in [2.45, 2.75) is 63.4 Å². The molecule has 0 spiro atoms. The number of rotatable bonds is 5. The van der Waals surface area contributed by atoms with Gasteiger partial charge in [-0.25, -0.2) is 0 Å². The van der Waals surface area contributed by atoms with Crippen molar-refractivity contribution in [1.82, 2.24) is 5.32 Å². The Bertz CT molecular complexity index is 477. The summed E-state index contributed by atoms with van der Waals surface area (Å²) in [5, 5.41) is 3.58. The zero-order valence-corrected chi connectivity index (χ0v) is 14.5. The Morgan fingerprint density at radius 1 is 1.19 bits per heavy atom. The van der Waals surface area contributed by atoms with Crippen molar-refractivity contribution in [2.75, 3.05) is 5.75 Å². The molecule has 3 unspecified atom stereocenters. The van der Waals surface area contributed by atoms with Gasteiger partial charge in [0.1, 0.15) is 0 Å². The van der Waals surface area contributed by atoms with E-state index in [1.165, 1.54) is 41.9 Å². The molecule has 2 fully saturated rings. The van der Waals surface area contributed by atoms with Gasteiger partial charge in [0.05, 0.1) is 0 Å². The predicted molar refractivity (Wildman–Crippen MR) is 92.7 cm³/mol. The Morgan fingerprint density at radius 2 is 2.05 bits per heavy atom. The lowest BCUT2D eigenvalue weighted by Gasteiger charge is -2.22. The smallest absolute Gasteiger partial charge is 0.0210 e. The molecular weight excluding hydrogens is 274 g/mol. The molecule has 21 heavy (non-hydrogen) atoms. The highest BCUT2D eigenvalue weighted by atomic mass is 32.2. The third-order valence-electron chi connectivity index (χ3n) is 5.07. The van der Waals surface area contributed by atoms with E-state index in [0.29, 0.717) is 0 Å². The van der Waals surface area contributed by atoms with Crippen LogP contribution in [0.2, 0.25) is 0 Å². The standard InChI is InChI=1S/C19H29NS/c1-19(2,3)20-12-15-5-4-6-18(11-15)21-13-17-10-14-7-8-16(17)9-14/h4-6,11,14,16-17,20H,7-10,12-13H2,1-3H3. The van der Waals surface area contributed by atoms with Gasteiger partial charge < -0.3 is 5.32 Å². The van der Waals surface area contributed by atoms with Crippen molar-refractivity contribution >= 4 is 11.8 Å². The first kappa shape index (κ1) is 15.4. The summed E-state index contributed by atoms with van der Waals surface area (Å²) in [5.74, 6) is 4.44. The molecular formula is C19H29NS. The van der Waals surface area contributed by atoms with E-state index in [4.69, 9.17) is 0 Å². The first-order valence-electron chi connectivity index (χ1n) is 8.46. The second-order valence-electron chi connectivity index (χ2n) is 8.00. The van der Waals surface area contributed by atoms with E-state index < -0.39 is 0 Å². The van der Waals surface area contributed by atoms with E-state index in [-0.39, 0.29) is 5.54 Å². The van der Waals surface area contributed by atoms with E-state index in [0.717, 1.165) is 24.3 Å². The largest absolute Gasteiger partial charge is 0.308 e. The van der Waals surface area contributed by atoms with Crippen LogP contribution in [-0.2, 0) is 6.54 Å².